The molecule has 0 unspecified atom stereocenters. The average Bonchev–Trinajstić information content (AvgIpc) is 2.61. The van der Waals surface area contributed by atoms with Gasteiger partial charge in [-0.3, -0.25) is 4.68 Å². The molecule has 2 N–H and O–H groups in total. The highest BCUT2D eigenvalue weighted by atomic mass is 32.2. The van der Waals surface area contributed by atoms with Crippen LogP contribution in [0.3, 0.4) is 0 Å². The summed E-state index contributed by atoms with van der Waals surface area (Å²) in [6.07, 6.45) is 3.14. The van der Waals surface area contributed by atoms with Gasteiger partial charge in [-0.15, -0.1) is 0 Å². The van der Waals surface area contributed by atoms with Gasteiger partial charge in [-0.25, -0.2) is 12.7 Å². The van der Waals surface area contributed by atoms with Crippen molar-refractivity contribution < 1.29 is 8.42 Å². The zero-order valence-electron chi connectivity index (χ0n) is 10.5. The molecule has 1 aromatic rings. The zero-order valence-corrected chi connectivity index (χ0v) is 11.4. The number of sulfonamides is 1. The molecule has 7 heteroatoms. The molecule has 0 aliphatic rings. The lowest BCUT2D eigenvalue weighted by Gasteiger charge is -2.14. The molecule has 0 aliphatic carbocycles. The van der Waals surface area contributed by atoms with Crippen molar-refractivity contribution in [3.05, 3.63) is 6.20 Å². The summed E-state index contributed by atoms with van der Waals surface area (Å²) >= 11 is 0. The molecule has 0 radical (unpaired) electrons. The second-order valence-corrected chi connectivity index (χ2v) is 5.98. The predicted molar refractivity (Wildman–Crippen MR) is 67.0 cm³/mol. The highest BCUT2D eigenvalue weighted by molar-refractivity contribution is 7.89. The van der Waals surface area contributed by atoms with Crippen LogP contribution >= 0.6 is 0 Å². The molecule has 0 spiro atoms. The van der Waals surface area contributed by atoms with E-state index in [1.807, 2.05) is 13.8 Å². The molecule has 1 rings (SSSR count). The number of nitrogens with zero attached hydrogens (tertiary/aromatic N) is 3. The number of rotatable bonds is 6. The summed E-state index contributed by atoms with van der Waals surface area (Å²) in [7, 11) is -1.95. The van der Waals surface area contributed by atoms with Gasteiger partial charge >= 0.3 is 0 Å². The minimum Gasteiger partial charge on any atom is -0.381 e. The van der Waals surface area contributed by atoms with Gasteiger partial charge in [-0.1, -0.05) is 13.8 Å². The number of aromatic nitrogens is 2. The van der Waals surface area contributed by atoms with Crippen LogP contribution in [0.15, 0.2) is 11.1 Å². The van der Waals surface area contributed by atoms with Gasteiger partial charge in [0, 0.05) is 26.3 Å². The van der Waals surface area contributed by atoms with Crippen molar-refractivity contribution in [1.29, 1.82) is 0 Å². The lowest BCUT2D eigenvalue weighted by Crippen LogP contribution is -2.27. The van der Waals surface area contributed by atoms with E-state index < -0.39 is 10.0 Å². The van der Waals surface area contributed by atoms with Gasteiger partial charge < -0.3 is 5.73 Å². The van der Waals surface area contributed by atoms with Gasteiger partial charge in [0.05, 0.1) is 0 Å². The Kier molecular flexibility index (Phi) is 4.53. The van der Waals surface area contributed by atoms with Crippen LogP contribution < -0.4 is 5.73 Å². The first-order chi connectivity index (χ1) is 7.93. The topological polar surface area (TPSA) is 81.2 Å². The van der Waals surface area contributed by atoms with Crippen molar-refractivity contribution >= 4 is 15.8 Å². The van der Waals surface area contributed by atoms with Gasteiger partial charge in [0.25, 0.3) is 0 Å². The van der Waals surface area contributed by atoms with Gasteiger partial charge in [-0.05, 0) is 12.8 Å². The normalized spacial score (nSPS) is 12.2. The van der Waals surface area contributed by atoms with Gasteiger partial charge in [-0.2, -0.15) is 5.10 Å². The molecule has 0 saturated carbocycles. The van der Waals surface area contributed by atoms with Crippen LogP contribution in [-0.2, 0) is 16.6 Å². The molecule has 0 aliphatic heterocycles. The minimum absolute atomic E-state index is 0.0707. The van der Waals surface area contributed by atoms with Crippen molar-refractivity contribution in [1.82, 2.24) is 14.1 Å². The summed E-state index contributed by atoms with van der Waals surface area (Å²) in [5, 5.41) is 4.00. The van der Waals surface area contributed by atoms with Crippen molar-refractivity contribution in [3.8, 4) is 0 Å². The molecule has 6 nitrogen and oxygen atoms in total. The summed E-state index contributed by atoms with van der Waals surface area (Å²) in [6.45, 7) is 5.06. The third-order valence-corrected chi connectivity index (χ3v) is 4.31. The third kappa shape index (κ3) is 2.98. The zero-order chi connectivity index (χ0) is 13.1. The molecular formula is C10H20N4O2S. The molecular weight excluding hydrogens is 240 g/mol. The first-order valence-corrected chi connectivity index (χ1v) is 7.16. The maximum Gasteiger partial charge on any atom is 0.248 e. The Balaban J connectivity index is 3.06. The minimum atomic E-state index is -3.50. The lowest BCUT2D eigenvalue weighted by molar-refractivity contribution is 0.468. The van der Waals surface area contributed by atoms with E-state index in [0.717, 1.165) is 12.8 Å². The maximum absolute atomic E-state index is 12.2. The Hall–Kier alpha value is -1.08. The standard InChI is InChI=1S/C10H20N4O2S/c1-4-6-13(3)17(15,16)9-8-14(7-5-2)12-10(9)11/h8H,4-7H2,1-3H3,(H2,11,12). The Morgan fingerprint density at radius 2 is 2.06 bits per heavy atom. The van der Waals surface area contributed by atoms with E-state index >= 15 is 0 Å². The van der Waals surface area contributed by atoms with E-state index in [1.54, 1.807) is 11.7 Å². The van der Waals surface area contributed by atoms with E-state index in [1.165, 1.54) is 10.5 Å². The van der Waals surface area contributed by atoms with Crippen LogP contribution in [0.25, 0.3) is 0 Å². The van der Waals surface area contributed by atoms with Gasteiger partial charge in [0.2, 0.25) is 10.0 Å². The lowest BCUT2D eigenvalue weighted by atomic mass is 10.5. The Labute approximate surface area is 102 Å². The maximum atomic E-state index is 12.2. The van der Waals surface area contributed by atoms with Crippen LogP contribution in [0.5, 0.6) is 0 Å². The largest absolute Gasteiger partial charge is 0.381 e. The smallest absolute Gasteiger partial charge is 0.248 e. The number of hydrogen-bond acceptors (Lipinski definition) is 4. The van der Waals surface area contributed by atoms with Crippen molar-refractivity contribution in [3.63, 3.8) is 0 Å². The molecule has 0 bridgehead atoms. The molecule has 0 saturated heterocycles. The fourth-order valence-electron chi connectivity index (χ4n) is 1.56. The molecule has 0 aromatic carbocycles. The fraction of sp³-hybridized carbons (Fsp3) is 0.700. The van der Waals surface area contributed by atoms with Crippen molar-refractivity contribution in [2.24, 2.45) is 0 Å². The predicted octanol–water partition coefficient (Wildman–Crippen LogP) is 0.906. The Morgan fingerprint density at radius 3 is 2.59 bits per heavy atom. The van der Waals surface area contributed by atoms with E-state index in [-0.39, 0.29) is 10.7 Å². The highest BCUT2D eigenvalue weighted by Crippen LogP contribution is 2.20. The number of aryl methyl sites for hydroxylation is 1. The Morgan fingerprint density at radius 1 is 1.41 bits per heavy atom. The van der Waals surface area contributed by atoms with E-state index in [9.17, 15) is 8.42 Å². The van der Waals surface area contributed by atoms with Crippen LogP contribution in [0.2, 0.25) is 0 Å². The van der Waals surface area contributed by atoms with Crippen LogP contribution in [0, 0.1) is 0 Å². The molecule has 17 heavy (non-hydrogen) atoms. The summed E-state index contributed by atoms with van der Waals surface area (Å²) in [5.74, 6) is 0.0707. The quantitative estimate of drug-likeness (QED) is 0.824. The van der Waals surface area contributed by atoms with E-state index in [4.69, 9.17) is 5.73 Å². The summed E-state index contributed by atoms with van der Waals surface area (Å²) in [6, 6.07) is 0. The van der Waals surface area contributed by atoms with Crippen LogP contribution in [0.4, 0.5) is 5.82 Å². The van der Waals surface area contributed by atoms with Gasteiger partial charge in [0.15, 0.2) is 5.82 Å². The number of hydrogen-bond donors (Lipinski definition) is 1. The number of nitrogen functional groups attached to an aromatic ring is 1. The average molecular weight is 260 g/mol. The van der Waals surface area contributed by atoms with Crippen LogP contribution in [0.1, 0.15) is 26.7 Å². The fourth-order valence-corrected chi connectivity index (χ4v) is 2.88. The molecule has 1 aromatic heterocycles. The first kappa shape index (κ1) is 14.0. The third-order valence-electron chi connectivity index (χ3n) is 2.43. The molecule has 0 fully saturated rings. The molecule has 0 atom stereocenters. The van der Waals surface area contributed by atoms with Crippen molar-refractivity contribution in [2.45, 2.75) is 38.1 Å². The van der Waals surface area contributed by atoms with E-state index in [0.29, 0.717) is 13.1 Å². The number of nitrogens with two attached hydrogens (primary N) is 1. The van der Waals surface area contributed by atoms with Crippen LogP contribution in [-0.4, -0.2) is 36.1 Å². The summed E-state index contributed by atoms with van der Waals surface area (Å²) in [5.41, 5.74) is 5.65. The first-order valence-electron chi connectivity index (χ1n) is 5.72. The molecule has 98 valence electrons. The van der Waals surface area contributed by atoms with E-state index in [2.05, 4.69) is 5.10 Å². The van der Waals surface area contributed by atoms with Crippen molar-refractivity contribution in [2.75, 3.05) is 19.3 Å². The summed E-state index contributed by atoms with van der Waals surface area (Å²) < 4.78 is 27.2. The summed E-state index contributed by atoms with van der Waals surface area (Å²) in [4.78, 5) is 0.0990. The molecule has 0 amide bonds. The number of anilines is 1. The molecule has 1 heterocycles. The monoisotopic (exact) mass is 260 g/mol. The Bertz CT molecular complexity index is 467. The SMILES string of the molecule is CCCN(C)S(=O)(=O)c1cn(CCC)nc1N. The second-order valence-electron chi connectivity index (χ2n) is 3.97. The van der Waals surface area contributed by atoms with Gasteiger partial charge in [0.1, 0.15) is 4.90 Å². The highest BCUT2D eigenvalue weighted by Gasteiger charge is 2.25. The second kappa shape index (κ2) is 5.50.